The summed E-state index contributed by atoms with van der Waals surface area (Å²) in [5.41, 5.74) is 3.08. The molecule has 162 valence electrons. The molecule has 1 aliphatic rings. The van der Waals surface area contributed by atoms with E-state index in [2.05, 4.69) is 10.6 Å². The molecule has 1 saturated carbocycles. The van der Waals surface area contributed by atoms with Crippen LogP contribution in [0.2, 0.25) is 0 Å². The van der Waals surface area contributed by atoms with Gasteiger partial charge in [-0.05, 0) is 56.5 Å². The summed E-state index contributed by atoms with van der Waals surface area (Å²) in [6.07, 6.45) is 7.87. The summed E-state index contributed by atoms with van der Waals surface area (Å²) in [4.78, 5) is 12.2. The molecule has 5 nitrogen and oxygen atoms in total. The third-order valence-electron chi connectivity index (χ3n) is 5.45. The van der Waals surface area contributed by atoms with Crippen molar-refractivity contribution in [2.75, 3.05) is 18.5 Å². The van der Waals surface area contributed by atoms with Crippen LogP contribution in [0.4, 0.5) is 5.69 Å². The zero-order valence-electron chi connectivity index (χ0n) is 18.2. The van der Waals surface area contributed by atoms with E-state index in [4.69, 9.17) is 9.47 Å². The standard InChI is InChI=1S/C25H34N2O3/c1-3-29-24-16-20(17-26-21-8-6-4-5-7-9-21)12-15-23(24)30-18-25(28)27-22-13-10-19(2)11-14-22/h10-16,21,26H,3-9,17-18H2,1-2H3,(H,27,28). The Morgan fingerprint density at radius 1 is 0.967 bits per heavy atom. The first-order chi connectivity index (χ1) is 14.6. The molecule has 2 aromatic rings. The van der Waals surface area contributed by atoms with Gasteiger partial charge in [-0.1, -0.05) is 49.4 Å². The first-order valence-electron chi connectivity index (χ1n) is 11.1. The van der Waals surface area contributed by atoms with Crippen LogP contribution in [0.1, 0.15) is 56.6 Å². The molecule has 2 aromatic carbocycles. The predicted octanol–water partition coefficient (Wildman–Crippen LogP) is 5.22. The lowest BCUT2D eigenvalue weighted by molar-refractivity contribution is -0.118. The van der Waals surface area contributed by atoms with Crippen LogP contribution in [-0.2, 0) is 11.3 Å². The zero-order valence-corrected chi connectivity index (χ0v) is 18.2. The highest BCUT2D eigenvalue weighted by Crippen LogP contribution is 2.29. The van der Waals surface area contributed by atoms with Crippen LogP contribution in [0.5, 0.6) is 11.5 Å². The van der Waals surface area contributed by atoms with Gasteiger partial charge in [0.2, 0.25) is 0 Å². The highest BCUT2D eigenvalue weighted by Gasteiger charge is 2.13. The van der Waals surface area contributed by atoms with Gasteiger partial charge in [-0.25, -0.2) is 0 Å². The number of benzene rings is 2. The van der Waals surface area contributed by atoms with Gasteiger partial charge >= 0.3 is 0 Å². The minimum atomic E-state index is -0.194. The van der Waals surface area contributed by atoms with Gasteiger partial charge in [0, 0.05) is 18.3 Å². The number of hydrogen-bond acceptors (Lipinski definition) is 4. The van der Waals surface area contributed by atoms with E-state index < -0.39 is 0 Å². The first-order valence-corrected chi connectivity index (χ1v) is 11.1. The van der Waals surface area contributed by atoms with E-state index >= 15 is 0 Å². The molecule has 0 aliphatic heterocycles. The molecule has 1 aliphatic carbocycles. The van der Waals surface area contributed by atoms with Crippen molar-refractivity contribution in [2.45, 2.75) is 65.0 Å². The number of carbonyl (C=O) groups is 1. The van der Waals surface area contributed by atoms with Crippen LogP contribution in [0, 0.1) is 6.92 Å². The normalized spacial score (nSPS) is 14.7. The molecule has 5 heteroatoms. The quantitative estimate of drug-likeness (QED) is 0.556. The topological polar surface area (TPSA) is 59.6 Å². The Morgan fingerprint density at radius 2 is 1.70 bits per heavy atom. The van der Waals surface area contributed by atoms with Gasteiger partial charge in [0.15, 0.2) is 18.1 Å². The summed E-state index contributed by atoms with van der Waals surface area (Å²) in [6.45, 7) is 5.27. The average molecular weight is 411 g/mol. The smallest absolute Gasteiger partial charge is 0.262 e. The van der Waals surface area contributed by atoms with Gasteiger partial charge in [0.25, 0.3) is 5.91 Å². The number of hydrogen-bond donors (Lipinski definition) is 2. The lowest BCUT2D eigenvalue weighted by atomic mass is 10.1. The number of nitrogens with one attached hydrogen (secondary N) is 2. The first kappa shape index (κ1) is 22.2. The third kappa shape index (κ3) is 7.06. The summed E-state index contributed by atoms with van der Waals surface area (Å²) in [6, 6.07) is 14.2. The summed E-state index contributed by atoms with van der Waals surface area (Å²) < 4.78 is 11.5. The lowest BCUT2D eigenvalue weighted by Crippen LogP contribution is -2.27. The maximum absolute atomic E-state index is 12.2. The molecule has 1 amide bonds. The molecule has 0 radical (unpaired) electrons. The Bertz CT molecular complexity index is 797. The van der Waals surface area contributed by atoms with Gasteiger partial charge in [-0.3, -0.25) is 4.79 Å². The Morgan fingerprint density at radius 3 is 2.40 bits per heavy atom. The highest BCUT2D eigenvalue weighted by molar-refractivity contribution is 5.91. The van der Waals surface area contributed by atoms with Crippen molar-refractivity contribution in [1.82, 2.24) is 5.32 Å². The van der Waals surface area contributed by atoms with E-state index in [0.717, 1.165) is 17.8 Å². The minimum Gasteiger partial charge on any atom is -0.490 e. The fourth-order valence-corrected chi connectivity index (χ4v) is 3.77. The highest BCUT2D eigenvalue weighted by atomic mass is 16.5. The van der Waals surface area contributed by atoms with Crippen molar-refractivity contribution < 1.29 is 14.3 Å². The monoisotopic (exact) mass is 410 g/mol. The van der Waals surface area contributed by atoms with Gasteiger partial charge in [0.05, 0.1) is 6.61 Å². The maximum atomic E-state index is 12.2. The van der Waals surface area contributed by atoms with E-state index in [1.165, 1.54) is 44.1 Å². The Labute approximate surface area is 180 Å². The van der Waals surface area contributed by atoms with Crippen molar-refractivity contribution in [1.29, 1.82) is 0 Å². The fourth-order valence-electron chi connectivity index (χ4n) is 3.77. The number of rotatable bonds is 9. The molecule has 3 rings (SSSR count). The Hall–Kier alpha value is -2.53. The van der Waals surface area contributed by atoms with Gasteiger partial charge in [0.1, 0.15) is 0 Å². The van der Waals surface area contributed by atoms with Crippen LogP contribution in [-0.4, -0.2) is 25.2 Å². The number of amides is 1. The van der Waals surface area contributed by atoms with Crippen molar-refractivity contribution in [3.8, 4) is 11.5 Å². The molecule has 0 heterocycles. The Kier molecular flexibility index (Phi) is 8.57. The molecule has 0 bridgehead atoms. The van der Waals surface area contributed by atoms with Crippen LogP contribution < -0.4 is 20.1 Å². The predicted molar refractivity (Wildman–Crippen MR) is 121 cm³/mol. The molecular weight excluding hydrogens is 376 g/mol. The lowest BCUT2D eigenvalue weighted by Gasteiger charge is -2.17. The van der Waals surface area contributed by atoms with Crippen molar-refractivity contribution >= 4 is 11.6 Å². The van der Waals surface area contributed by atoms with E-state index in [9.17, 15) is 4.79 Å². The van der Waals surface area contributed by atoms with Gasteiger partial charge < -0.3 is 20.1 Å². The molecule has 0 unspecified atom stereocenters. The van der Waals surface area contributed by atoms with Gasteiger partial charge in [-0.15, -0.1) is 0 Å². The number of ether oxygens (including phenoxy) is 2. The van der Waals surface area contributed by atoms with Crippen LogP contribution in [0.3, 0.4) is 0 Å². The third-order valence-corrected chi connectivity index (χ3v) is 5.45. The fraction of sp³-hybridized carbons (Fsp3) is 0.480. The summed E-state index contributed by atoms with van der Waals surface area (Å²) in [5, 5.41) is 6.54. The number of carbonyl (C=O) groups excluding carboxylic acids is 1. The van der Waals surface area contributed by atoms with Crippen molar-refractivity contribution in [3.05, 3.63) is 53.6 Å². The van der Waals surface area contributed by atoms with E-state index in [0.29, 0.717) is 24.1 Å². The molecule has 0 saturated heterocycles. The second-order valence-corrected chi connectivity index (χ2v) is 7.99. The summed E-state index contributed by atoms with van der Waals surface area (Å²) in [5.74, 6) is 1.08. The molecular formula is C25H34N2O3. The van der Waals surface area contributed by atoms with E-state index in [1.54, 1.807) is 0 Å². The SMILES string of the molecule is CCOc1cc(CNC2CCCCCC2)ccc1OCC(=O)Nc1ccc(C)cc1. The second kappa shape index (κ2) is 11.6. The maximum Gasteiger partial charge on any atom is 0.262 e. The molecule has 0 aromatic heterocycles. The van der Waals surface area contributed by atoms with E-state index in [-0.39, 0.29) is 12.5 Å². The van der Waals surface area contributed by atoms with Crippen LogP contribution in [0.25, 0.3) is 0 Å². The number of aryl methyl sites for hydroxylation is 1. The summed E-state index contributed by atoms with van der Waals surface area (Å²) >= 11 is 0. The van der Waals surface area contributed by atoms with Crippen LogP contribution >= 0.6 is 0 Å². The van der Waals surface area contributed by atoms with Crippen molar-refractivity contribution in [3.63, 3.8) is 0 Å². The molecule has 0 spiro atoms. The molecule has 30 heavy (non-hydrogen) atoms. The second-order valence-electron chi connectivity index (χ2n) is 7.99. The summed E-state index contributed by atoms with van der Waals surface area (Å²) in [7, 11) is 0. The molecule has 1 fully saturated rings. The van der Waals surface area contributed by atoms with Crippen LogP contribution in [0.15, 0.2) is 42.5 Å². The number of anilines is 1. The van der Waals surface area contributed by atoms with Crippen molar-refractivity contribution in [2.24, 2.45) is 0 Å². The minimum absolute atomic E-state index is 0.0619. The van der Waals surface area contributed by atoms with E-state index in [1.807, 2.05) is 56.3 Å². The largest absolute Gasteiger partial charge is 0.490 e. The average Bonchev–Trinajstić information content (AvgIpc) is 3.02. The Balaban J connectivity index is 1.54. The molecule has 2 N–H and O–H groups in total. The molecule has 0 atom stereocenters. The van der Waals surface area contributed by atoms with Gasteiger partial charge in [-0.2, -0.15) is 0 Å². The zero-order chi connectivity index (χ0) is 21.2.